The second-order valence-electron chi connectivity index (χ2n) is 7.14. The van der Waals surface area contributed by atoms with Gasteiger partial charge in [-0.2, -0.15) is 0 Å². The zero-order chi connectivity index (χ0) is 18.4. The van der Waals surface area contributed by atoms with E-state index in [0.29, 0.717) is 6.42 Å². The van der Waals surface area contributed by atoms with Gasteiger partial charge in [-0.3, -0.25) is 9.59 Å². The van der Waals surface area contributed by atoms with Gasteiger partial charge in [0.2, 0.25) is 0 Å². The first kappa shape index (κ1) is 20.7. The summed E-state index contributed by atoms with van der Waals surface area (Å²) in [7, 11) is 0. The van der Waals surface area contributed by atoms with Gasteiger partial charge in [-0.15, -0.1) is 0 Å². The largest absolute Gasteiger partial charge is 0.465 e. The molecule has 2 unspecified atom stereocenters. The minimum atomic E-state index is -1.23. The third-order valence-corrected chi connectivity index (χ3v) is 4.80. The van der Waals surface area contributed by atoms with Gasteiger partial charge in [0.25, 0.3) is 0 Å². The van der Waals surface area contributed by atoms with Crippen LogP contribution in [0.15, 0.2) is 12.2 Å². The Balaban J connectivity index is 2.79. The molecule has 2 atom stereocenters. The van der Waals surface area contributed by atoms with Gasteiger partial charge in [0.05, 0.1) is 19.3 Å². The average Bonchev–Trinajstić information content (AvgIpc) is 3.27. The molecule has 0 aromatic carbocycles. The van der Waals surface area contributed by atoms with Crippen LogP contribution in [-0.4, -0.2) is 36.4 Å². The van der Waals surface area contributed by atoms with Crippen LogP contribution in [0.1, 0.15) is 60.3 Å². The predicted octanol–water partition coefficient (Wildman–Crippen LogP) is 3.25. The number of esters is 2. The maximum absolute atomic E-state index is 12.2. The number of carbonyl (C=O) groups is 2. The van der Waals surface area contributed by atoms with Gasteiger partial charge in [0.15, 0.2) is 5.41 Å². The molecule has 0 aromatic rings. The van der Waals surface area contributed by atoms with Gasteiger partial charge in [-0.05, 0) is 32.1 Å². The van der Waals surface area contributed by atoms with E-state index >= 15 is 0 Å². The van der Waals surface area contributed by atoms with E-state index in [-0.39, 0.29) is 24.5 Å². The Bertz CT molecular complexity index is 448. The van der Waals surface area contributed by atoms with Crippen molar-refractivity contribution in [3.63, 3.8) is 0 Å². The zero-order valence-corrected chi connectivity index (χ0v) is 15.6. The molecule has 0 aromatic heterocycles. The van der Waals surface area contributed by atoms with Crippen LogP contribution < -0.4 is 0 Å². The number of hydrogen-bond acceptors (Lipinski definition) is 5. The molecular formula is C19H32O5. The van der Waals surface area contributed by atoms with Crippen LogP contribution in [0.3, 0.4) is 0 Å². The molecule has 0 bridgehead atoms. The van der Waals surface area contributed by atoms with Crippen molar-refractivity contribution in [1.29, 1.82) is 0 Å². The molecule has 1 aliphatic rings. The van der Waals surface area contributed by atoms with Gasteiger partial charge >= 0.3 is 11.9 Å². The van der Waals surface area contributed by atoms with E-state index in [1.807, 2.05) is 13.8 Å². The Morgan fingerprint density at radius 2 is 1.75 bits per heavy atom. The van der Waals surface area contributed by atoms with E-state index in [1.165, 1.54) is 0 Å². The Morgan fingerprint density at radius 1 is 1.21 bits per heavy atom. The van der Waals surface area contributed by atoms with Crippen molar-refractivity contribution < 1.29 is 24.2 Å². The molecule has 1 N–H and O–H groups in total. The van der Waals surface area contributed by atoms with E-state index in [4.69, 9.17) is 9.47 Å². The maximum atomic E-state index is 12.2. The van der Waals surface area contributed by atoms with Crippen molar-refractivity contribution in [2.45, 2.75) is 66.4 Å². The highest BCUT2D eigenvalue weighted by atomic mass is 16.6. The molecule has 1 aliphatic carbocycles. The summed E-state index contributed by atoms with van der Waals surface area (Å²) in [5.41, 5.74) is -1.46. The summed E-state index contributed by atoms with van der Waals surface area (Å²) in [6.45, 7) is 10.0. The summed E-state index contributed by atoms with van der Waals surface area (Å²) < 4.78 is 10.1. The van der Waals surface area contributed by atoms with Gasteiger partial charge in [0.1, 0.15) is 0 Å². The molecular weight excluding hydrogens is 308 g/mol. The van der Waals surface area contributed by atoms with Crippen LogP contribution in [0, 0.1) is 16.7 Å². The molecule has 1 saturated carbocycles. The number of ether oxygens (including phenoxy) is 2. The lowest BCUT2D eigenvalue weighted by molar-refractivity contribution is -0.164. The van der Waals surface area contributed by atoms with E-state index in [0.717, 1.165) is 19.3 Å². The Labute approximate surface area is 145 Å². The topological polar surface area (TPSA) is 72.8 Å². The van der Waals surface area contributed by atoms with Crippen molar-refractivity contribution >= 4 is 11.9 Å². The fourth-order valence-corrected chi connectivity index (χ4v) is 2.87. The van der Waals surface area contributed by atoms with Crippen molar-refractivity contribution in [1.82, 2.24) is 0 Å². The molecule has 0 saturated heterocycles. The lowest BCUT2D eigenvalue weighted by Gasteiger charge is -2.28. The van der Waals surface area contributed by atoms with Crippen molar-refractivity contribution in [3.8, 4) is 0 Å². The first-order valence-corrected chi connectivity index (χ1v) is 8.97. The number of aliphatic hydroxyl groups excluding tert-OH is 1. The molecule has 0 heterocycles. The third-order valence-electron chi connectivity index (χ3n) is 4.80. The molecule has 24 heavy (non-hydrogen) atoms. The van der Waals surface area contributed by atoms with Crippen molar-refractivity contribution in [2.24, 2.45) is 16.7 Å². The molecule has 5 heteroatoms. The lowest BCUT2D eigenvalue weighted by Crippen LogP contribution is -2.32. The number of hydrogen-bond donors (Lipinski definition) is 1. The molecule has 0 spiro atoms. The second-order valence-corrected chi connectivity index (χ2v) is 7.14. The summed E-state index contributed by atoms with van der Waals surface area (Å²) in [6.07, 6.45) is 6.29. The van der Waals surface area contributed by atoms with Gasteiger partial charge in [0, 0.05) is 5.92 Å². The Morgan fingerprint density at radius 3 is 2.21 bits per heavy atom. The van der Waals surface area contributed by atoms with Crippen LogP contribution in [-0.2, 0) is 19.1 Å². The Hall–Kier alpha value is -1.36. The highest BCUT2D eigenvalue weighted by Gasteiger charge is 2.67. The van der Waals surface area contributed by atoms with Gasteiger partial charge < -0.3 is 14.6 Å². The van der Waals surface area contributed by atoms with E-state index in [1.54, 1.807) is 26.0 Å². The predicted molar refractivity (Wildman–Crippen MR) is 92.3 cm³/mol. The smallest absolute Gasteiger partial charge is 0.324 e. The standard InChI is InChI=1S/C19H32O5/c1-6-9-12-18(4,5)15(20)11-10-14-13-19(14,16(21)23-7-2)17(22)24-8-3/h10-11,14-15,20H,6-9,12-13H2,1-5H3/b11-10+. The normalized spacial score (nSPS) is 20.7. The number of aliphatic hydroxyl groups is 1. The third kappa shape index (κ3) is 4.59. The number of allylic oxidation sites excluding steroid dienone is 1. The summed E-state index contributed by atoms with van der Waals surface area (Å²) in [4.78, 5) is 24.4. The zero-order valence-electron chi connectivity index (χ0n) is 15.6. The van der Waals surface area contributed by atoms with E-state index in [9.17, 15) is 14.7 Å². The van der Waals surface area contributed by atoms with E-state index in [2.05, 4.69) is 6.92 Å². The lowest BCUT2D eigenvalue weighted by atomic mass is 9.81. The highest BCUT2D eigenvalue weighted by molar-refractivity contribution is 6.04. The first-order chi connectivity index (χ1) is 11.3. The quantitative estimate of drug-likeness (QED) is 0.375. The Kier molecular flexibility index (Phi) is 7.46. The number of carbonyl (C=O) groups excluding carboxylic acids is 2. The average molecular weight is 340 g/mol. The van der Waals surface area contributed by atoms with Crippen LogP contribution in [0.2, 0.25) is 0 Å². The molecule has 0 amide bonds. The SMILES string of the molecule is CCCCC(C)(C)C(O)/C=C/C1CC1(C(=O)OCC)C(=O)OCC. The van der Waals surface area contributed by atoms with Gasteiger partial charge in [-0.25, -0.2) is 0 Å². The summed E-state index contributed by atoms with van der Waals surface area (Å²) in [5, 5.41) is 10.4. The van der Waals surface area contributed by atoms with Crippen LogP contribution in [0.5, 0.6) is 0 Å². The number of rotatable bonds is 10. The molecule has 138 valence electrons. The molecule has 5 nitrogen and oxygen atoms in total. The van der Waals surface area contributed by atoms with Crippen LogP contribution in [0.4, 0.5) is 0 Å². The minimum Gasteiger partial charge on any atom is -0.465 e. The molecule has 0 aliphatic heterocycles. The summed E-state index contributed by atoms with van der Waals surface area (Å²) >= 11 is 0. The number of unbranched alkanes of at least 4 members (excludes halogenated alkanes) is 1. The fourth-order valence-electron chi connectivity index (χ4n) is 2.87. The maximum Gasteiger partial charge on any atom is 0.324 e. The molecule has 1 fully saturated rings. The van der Waals surface area contributed by atoms with Crippen molar-refractivity contribution in [2.75, 3.05) is 13.2 Å². The highest BCUT2D eigenvalue weighted by Crippen LogP contribution is 2.55. The second kappa shape index (κ2) is 8.65. The molecule has 0 radical (unpaired) electrons. The van der Waals surface area contributed by atoms with Gasteiger partial charge in [-0.1, -0.05) is 45.8 Å². The van der Waals surface area contributed by atoms with Crippen LogP contribution in [0.25, 0.3) is 0 Å². The first-order valence-electron chi connectivity index (χ1n) is 8.97. The monoisotopic (exact) mass is 340 g/mol. The fraction of sp³-hybridized carbons (Fsp3) is 0.789. The summed E-state index contributed by atoms with van der Waals surface area (Å²) in [5.74, 6) is -1.33. The van der Waals surface area contributed by atoms with E-state index < -0.39 is 23.5 Å². The van der Waals surface area contributed by atoms with Crippen molar-refractivity contribution in [3.05, 3.63) is 12.2 Å². The van der Waals surface area contributed by atoms with Crippen LogP contribution >= 0.6 is 0 Å². The summed E-state index contributed by atoms with van der Waals surface area (Å²) in [6, 6.07) is 0. The molecule has 1 rings (SSSR count). The minimum absolute atomic E-state index is 0.225.